The molecule has 0 aliphatic heterocycles. The maximum absolute atomic E-state index is 13.7. The average Bonchev–Trinajstić information content (AvgIpc) is 2.80. The Kier molecular flexibility index (Phi) is 3.15. The number of nitriles is 1. The van der Waals surface area contributed by atoms with Crippen LogP contribution in [-0.2, 0) is 13.5 Å². The summed E-state index contributed by atoms with van der Waals surface area (Å²) in [4.78, 5) is 4.37. The van der Waals surface area contributed by atoms with Crippen LogP contribution in [0.3, 0.4) is 0 Å². The van der Waals surface area contributed by atoms with Gasteiger partial charge in [-0.15, -0.1) is 0 Å². The zero-order chi connectivity index (χ0) is 15.0. The molecule has 1 aromatic heterocycles. The van der Waals surface area contributed by atoms with Gasteiger partial charge in [-0.2, -0.15) is 5.26 Å². The van der Waals surface area contributed by atoms with E-state index in [9.17, 15) is 8.78 Å². The summed E-state index contributed by atoms with van der Waals surface area (Å²) >= 11 is 0. The first-order chi connectivity index (χ1) is 10.1. The van der Waals surface area contributed by atoms with Gasteiger partial charge in [0.25, 0.3) is 0 Å². The fraction of sp³-hybridized carbons (Fsp3) is 0.125. The van der Waals surface area contributed by atoms with Crippen molar-refractivity contribution in [3.8, 4) is 6.07 Å². The summed E-state index contributed by atoms with van der Waals surface area (Å²) in [5.74, 6) is -0.679. The highest BCUT2D eigenvalue weighted by molar-refractivity contribution is 5.82. The van der Waals surface area contributed by atoms with Crippen molar-refractivity contribution in [2.45, 2.75) is 6.42 Å². The van der Waals surface area contributed by atoms with Crippen molar-refractivity contribution in [1.82, 2.24) is 9.55 Å². The van der Waals surface area contributed by atoms with E-state index >= 15 is 0 Å². The normalized spacial score (nSPS) is 10.8. The lowest BCUT2D eigenvalue weighted by Gasteiger charge is -2.05. The van der Waals surface area contributed by atoms with E-state index in [4.69, 9.17) is 5.26 Å². The van der Waals surface area contributed by atoms with Crippen LogP contribution >= 0.6 is 0 Å². The maximum atomic E-state index is 13.7. The van der Waals surface area contributed by atoms with Crippen LogP contribution in [-0.4, -0.2) is 9.55 Å². The predicted octanol–water partition coefficient (Wildman–Crippen LogP) is 3.31. The SMILES string of the molecule is Cn1c(Cc2c(F)cccc2F)nc2c(C#N)cccc21. The van der Waals surface area contributed by atoms with E-state index in [1.807, 2.05) is 6.07 Å². The van der Waals surface area contributed by atoms with Crippen LogP contribution in [0.1, 0.15) is 17.0 Å². The number of rotatable bonds is 2. The Morgan fingerprint density at radius 2 is 1.81 bits per heavy atom. The van der Waals surface area contributed by atoms with E-state index in [2.05, 4.69) is 11.1 Å². The summed E-state index contributed by atoms with van der Waals surface area (Å²) in [5, 5.41) is 9.09. The zero-order valence-electron chi connectivity index (χ0n) is 11.3. The van der Waals surface area contributed by atoms with Crippen LogP contribution in [0.15, 0.2) is 36.4 Å². The summed E-state index contributed by atoms with van der Waals surface area (Å²) in [5.41, 5.74) is 1.74. The summed E-state index contributed by atoms with van der Waals surface area (Å²) in [7, 11) is 1.77. The van der Waals surface area contributed by atoms with Gasteiger partial charge in [0.1, 0.15) is 29.0 Å². The number of imidazole rings is 1. The minimum Gasteiger partial charge on any atom is -0.331 e. The standard InChI is InChI=1S/C16H11F2N3/c1-21-14-7-2-4-10(9-19)16(14)20-15(21)8-11-12(17)5-3-6-13(11)18/h2-7H,8H2,1H3. The quantitative estimate of drug-likeness (QED) is 0.724. The molecule has 5 heteroatoms. The molecule has 0 saturated carbocycles. The minimum absolute atomic E-state index is 0.0191. The van der Waals surface area contributed by atoms with Gasteiger partial charge in [0.15, 0.2) is 0 Å². The van der Waals surface area contributed by atoms with Crippen molar-refractivity contribution < 1.29 is 8.78 Å². The van der Waals surface area contributed by atoms with Gasteiger partial charge in [0.05, 0.1) is 11.1 Å². The fourth-order valence-electron chi connectivity index (χ4n) is 2.37. The second-order valence-corrected chi connectivity index (χ2v) is 4.75. The highest BCUT2D eigenvalue weighted by Gasteiger charge is 2.15. The highest BCUT2D eigenvalue weighted by atomic mass is 19.1. The van der Waals surface area contributed by atoms with Crippen LogP contribution in [0.25, 0.3) is 11.0 Å². The Hall–Kier alpha value is -2.74. The van der Waals surface area contributed by atoms with E-state index in [0.29, 0.717) is 16.9 Å². The molecule has 0 amide bonds. The number of nitrogens with zero attached hydrogens (tertiary/aromatic N) is 3. The van der Waals surface area contributed by atoms with Crippen LogP contribution in [0.4, 0.5) is 8.78 Å². The minimum atomic E-state index is -0.595. The topological polar surface area (TPSA) is 41.6 Å². The van der Waals surface area contributed by atoms with Crippen LogP contribution < -0.4 is 0 Å². The molecule has 0 atom stereocenters. The van der Waals surface area contributed by atoms with Crippen molar-refractivity contribution in [3.05, 3.63) is 65.0 Å². The number of hydrogen-bond acceptors (Lipinski definition) is 2. The third kappa shape index (κ3) is 2.15. The van der Waals surface area contributed by atoms with Crippen LogP contribution in [0, 0.1) is 23.0 Å². The van der Waals surface area contributed by atoms with Gasteiger partial charge in [0, 0.05) is 19.0 Å². The number of para-hydroxylation sites is 1. The number of halogens is 2. The van der Waals surface area contributed by atoms with E-state index in [-0.39, 0.29) is 12.0 Å². The first kappa shape index (κ1) is 13.3. The number of aromatic nitrogens is 2. The van der Waals surface area contributed by atoms with Crippen LogP contribution in [0.5, 0.6) is 0 Å². The van der Waals surface area contributed by atoms with Gasteiger partial charge in [-0.3, -0.25) is 0 Å². The average molecular weight is 283 g/mol. The summed E-state index contributed by atoms with van der Waals surface area (Å²) in [6, 6.07) is 11.1. The van der Waals surface area contributed by atoms with Gasteiger partial charge in [-0.25, -0.2) is 13.8 Å². The molecule has 0 aliphatic carbocycles. The first-order valence-electron chi connectivity index (χ1n) is 6.39. The largest absolute Gasteiger partial charge is 0.331 e. The lowest BCUT2D eigenvalue weighted by atomic mass is 10.1. The molecule has 3 aromatic rings. The van der Waals surface area contributed by atoms with E-state index < -0.39 is 11.6 Å². The molecule has 3 rings (SSSR count). The van der Waals surface area contributed by atoms with Crippen molar-refractivity contribution in [3.63, 3.8) is 0 Å². The molecule has 1 heterocycles. The smallest absolute Gasteiger partial charge is 0.129 e. The van der Waals surface area contributed by atoms with Crippen molar-refractivity contribution in [2.75, 3.05) is 0 Å². The molecule has 0 spiro atoms. The Labute approximate surface area is 120 Å². The summed E-state index contributed by atoms with van der Waals surface area (Å²) < 4.78 is 29.2. The van der Waals surface area contributed by atoms with E-state index in [1.54, 1.807) is 23.7 Å². The molecule has 0 aliphatic rings. The van der Waals surface area contributed by atoms with E-state index in [0.717, 1.165) is 5.52 Å². The second kappa shape index (κ2) is 4.98. The number of hydrogen-bond donors (Lipinski definition) is 0. The molecule has 0 bridgehead atoms. The summed E-state index contributed by atoms with van der Waals surface area (Å²) in [6.45, 7) is 0. The molecule has 0 unspecified atom stereocenters. The zero-order valence-corrected chi connectivity index (χ0v) is 11.3. The Morgan fingerprint density at radius 3 is 2.48 bits per heavy atom. The fourth-order valence-corrected chi connectivity index (χ4v) is 2.37. The molecular formula is C16H11F2N3. The molecule has 3 nitrogen and oxygen atoms in total. The van der Waals surface area contributed by atoms with E-state index in [1.165, 1.54) is 18.2 Å². The summed E-state index contributed by atoms with van der Waals surface area (Å²) in [6.07, 6.45) is 0.0363. The lowest BCUT2D eigenvalue weighted by molar-refractivity contribution is 0.558. The van der Waals surface area contributed by atoms with Crippen LogP contribution in [0.2, 0.25) is 0 Å². The van der Waals surface area contributed by atoms with Gasteiger partial charge >= 0.3 is 0 Å². The third-order valence-electron chi connectivity index (χ3n) is 3.52. The van der Waals surface area contributed by atoms with Crippen molar-refractivity contribution in [1.29, 1.82) is 5.26 Å². The second-order valence-electron chi connectivity index (χ2n) is 4.75. The molecular weight excluding hydrogens is 272 g/mol. The Morgan fingerprint density at radius 1 is 1.14 bits per heavy atom. The highest BCUT2D eigenvalue weighted by Crippen LogP contribution is 2.22. The molecule has 2 aromatic carbocycles. The van der Waals surface area contributed by atoms with Crippen molar-refractivity contribution in [2.24, 2.45) is 7.05 Å². The Balaban J connectivity index is 2.14. The third-order valence-corrected chi connectivity index (χ3v) is 3.52. The number of fused-ring (bicyclic) bond motifs is 1. The first-order valence-corrected chi connectivity index (χ1v) is 6.39. The van der Waals surface area contributed by atoms with Gasteiger partial charge in [-0.1, -0.05) is 12.1 Å². The molecule has 0 N–H and O–H groups in total. The van der Waals surface area contributed by atoms with Gasteiger partial charge in [-0.05, 0) is 24.3 Å². The van der Waals surface area contributed by atoms with Crippen molar-refractivity contribution >= 4 is 11.0 Å². The maximum Gasteiger partial charge on any atom is 0.129 e. The van der Waals surface area contributed by atoms with Gasteiger partial charge < -0.3 is 4.57 Å². The molecule has 104 valence electrons. The number of aryl methyl sites for hydroxylation is 1. The predicted molar refractivity (Wildman–Crippen MR) is 74.6 cm³/mol. The lowest BCUT2D eigenvalue weighted by Crippen LogP contribution is -2.03. The Bertz CT molecular complexity index is 855. The molecule has 21 heavy (non-hydrogen) atoms. The molecule has 0 saturated heterocycles. The van der Waals surface area contributed by atoms with Gasteiger partial charge in [0.2, 0.25) is 0 Å². The number of benzene rings is 2. The molecule has 0 fully saturated rings. The monoisotopic (exact) mass is 283 g/mol. The molecule has 0 radical (unpaired) electrons.